The fourth-order valence-electron chi connectivity index (χ4n) is 3.38. The minimum atomic E-state index is -4.01. The quantitative estimate of drug-likeness (QED) is 0.206. The van der Waals surface area contributed by atoms with Crippen molar-refractivity contribution in [3.05, 3.63) is 66.7 Å². The predicted octanol–water partition coefficient (Wildman–Crippen LogP) is 2.60. The van der Waals surface area contributed by atoms with Crippen molar-refractivity contribution in [2.45, 2.75) is 17.9 Å². The summed E-state index contributed by atoms with van der Waals surface area (Å²) in [5.41, 5.74) is 3.24. The number of carbonyl (C=O) groups excluding carboxylic acids is 1. The van der Waals surface area contributed by atoms with Gasteiger partial charge in [-0.3, -0.25) is 10.0 Å². The molecule has 11 heteroatoms. The number of sulfonamides is 1. The number of hydrogen-bond acceptors (Lipinski definition) is 7. The first-order valence-electron chi connectivity index (χ1n) is 10.6. The van der Waals surface area contributed by atoms with E-state index in [0.29, 0.717) is 37.6 Å². The van der Waals surface area contributed by atoms with E-state index >= 15 is 0 Å². The summed E-state index contributed by atoms with van der Waals surface area (Å²) < 4.78 is 38.4. The molecule has 0 aliphatic carbocycles. The average molecular weight is 512 g/mol. The molecular weight excluding hydrogens is 482 g/mol. The van der Waals surface area contributed by atoms with Gasteiger partial charge in [-0.1, -0.05) is 18.2 Å². The second-order valence-corrected chi connectivity index (χ2v) is 9.41. The highest BCUT2D eigenvalue weighted by Crippen LogP contribution is 2.23. The molecule has 0 unspecified atom stereocenters. The molecule has 2 aromatic rings. The van der Waals surface area contributed by atoms with Gasteiger partial charge in [0.15, 0.2) is 0 Å². The summed E-state index contributed by atoms with van der Waals surface area (Å²) in [5, 5.41) is 8.95. The third-order valence-electron chi connectivity index (χ3n) is 5.17. The van der Waals surface area contributed by atoms with Gasteiger partial charge in [0.1, 0.15) is 5.75 Å². The summed E-state index contributed by atoms with van der Waals surface area (Å²) in [7, 11) is -4.01. The van der Waals surface area contributed by atoms with Crippen LogP contribution in [0.5, 0.6) is 5.75 Å². The number of amides is 1. The molecule has 1 aliphatic rings. The van der Waals surface area contributed by atoms with Crippen molar-refractivity contribution in [2.24, 2.45) is 0 Å². The number of carbonyl (C=O) groups is 1. The Balaban J connectivity index is 0.00000408. The van der Waals surface area contributed by atoms with Crippen LogP contribution in [-0.2, 0) is 26.1 Å². The lowest BCUT2D eigenvalue weighted by Crippen LogP contribution is -2.39. The highest BCUT2D eigenvalue weighted by Gasteiger charge is 2.27. The van der Waals surface area contributed by atoms with Crippen LogP contribution in [-0.4, -0.2) is 63.3 Å². The van der Waals surface area contributed by atoms with E-state index < -0.39 is 22.5 Å². The van der Waals surface area contributed by atoms with Gasteiger partial charge in [0.2, 0.25) is 10.0 Å². The van der Waals surface area contributed by atoms with Gasteiger partial charge in [0.05, 0.1) is 31.3 Å². The number of hydroxylamine groups is 1. The SMILES string of the molecule is C=CCCOc1ccc(S(=O)(=O)N(CC(=O)NO)Cc2ccc(N3CCOCC3)cc2)cc1.Cl. The minimum Gasteiger partial charge on any atom is -0.493 e. The van der Waals surface area contributed by atoms with Gasteiger partial charge in [0.25, 0.3) is 5.91 Å². The lowest BCUT2D eigenvalue weighted by Gasteiger charge is -2.29. The van der Waals surface area contributed by atoms with Crippen molar-refractivity contribution in [3.63, 3.8) is 0 Å². The van der Waals surface area contributed by atoms with Gasteiger partial charge in [-0.15, -0.1) is 19.0 Å². The Morgan fingerprint density at radius 1 is 1.15 bits per heavy atom. The lowest BCUT2D eigenvalue weighted by molar-refractivity contribution is -0.129. The van der Waals surface area contributed by atoms with Crippen molar-refractivity contribution < 1.29 is 27.9 Å². The predicted molar refractivity (Wildman–Crippen MR) is 131 cm³/mol. The fraction of sp³-hybridized carbons (Fsp3) is 0.348. The second kappa shape index (κ2) is 13.3. The third-order valence-corrected chi connectivity index (χ3v) is 6.97. The standard InChI is InChI=1S/C23H29N3O6S.ClH/c1-2-3-14-32-21-8-10-22(11-9-21)33(29,30)26(18-23(27)24-28)17-19-4-6-20(7-5-19)25-12-15-31-16-13-25;/h2,4-11,28H,1,3,12-18H2,(H,24,27);1H. The molecule has 0 atom stereocenters. The van der Waals surface area contributed by atoms with Crippen LogP contribution in [0, 0.1) is 0 Å². The van der Waals surface area contributed by atoms with Crippen LogP contribution in [0.2, 0.25) is 0 Å². The fourth-order valence-corrected chi connectivity index (χ4v) is 4.76. The summed E-state index contributed by atoms with van der Waals surface area (Å²) in [6, 6.07) is 13.5. The highest BCUT2D eigenvalue weighted by molar-refractivity contribution is 7.89. The van der Waals surface area contributed by atoms with Crippen LogP contribution in [0.15, 0.2) is 66.1 Å². The molecule has 34 heavy (non-hydrogen) atoms. The zero-order valence-corrected chi connectivity index (χ0v) is 20.4. The largest absolute Gasteiger partial charge is 0.493 e. The van der Waals surface area contributed by atoms with Gasteiger partial charge in [-0.2, -0.15) is 4.31 Å². The first-order chi connectivity index (χ1) is 15.9. The van der Waals surface area contributed by atoms with Crippen molar-refractivity contribution in [2.75, 3.05) is 44.4 Å². The maximum Gasteiger partial charge on any atom is 0.258 e. The van der Waals surface area contributed by atoms with Gasteiger partial charge < -0.3 is 14.4 Å². The first-order valence-corrected chi connectivity index (χ1v) is 12.1. The molecule has 3 rings (SSSR count). The monoisotopic (exact) mass is 511 g/mol. The van der Waals surface area contributed by atoms with Crippen LogP contribution in [0.25, 0.3) is 0 Å². The van der Waals surface area contributed by atoms with Crippen LogP contribution in [0.1, 0.15) is 12.0 Å². The molecule has 1 amide bonds. The van der Waals surface area contributed by atoms with Crippen molar-refractivity contribution in [1.82, 2.24) is 9.79 Å². The summed E-state index contributed by atoms with van der Waals surface area (Å²) in [4.78, 5) is 14.1. The second-order valence-electron chi connectivity index (χ2n) is 7.47. The zero-order valence-electron chi connectivity index (χ0n) is 18.8. The summed E-state index contributed by atoms with van der Waals surface area (Å²) in [6.07, 6.45) is 2.41. The van der Waals surface area contributed by atoms with Crippen LogP contribution in [0.3, 0.4) is 0 Å². The Hall–Kier alpha value is -2.63. The van der Waals surface area contributed by atoms with E-state index in [1.807, 2.05) is 24.3 Å². The number of morpholine rings is 1. The van der Waals surface area contributed by atoms with Crippen LogP contribution < -0.4 is 15.1 Å². The Morgan fingerprint density at radius 3 is 2.38 bits per heavy atom. The number of halogens is 1. The Morgan fingerprint density at radius 2 is 1.79 bits per heavy atom. The molecule has 1 aliphatic heterocycles. The number of nitrogens with zero attached hydrogens (tertiary/aromatic N) is 2. The smallest absolute Gasteiger partial charge is 0.258 e. The first kappa shape index (κ1) is 27.6. The molecule has 1 saturated heterocycles. The van der Waals surface area contributed by atoms with Gasteiger partial charge in [0, 0.05) is 25.3 Å². The molecule has 0 spiro atoms. The van der Waals surface area contributed by atoms with Gasteiger partial charge in [-0.05, 0) is 48.4 Å². The summed E-state index contributed by atoms with van der Waals surface area (Å²) in [6.45, 7) is 6.44. The average Bonchev–Trinajstić information content (AvgIpc) is 2.85. The van der Waals surface area contributed by atoms with E-state index in [-0.39, 0.29) is 23.8 Å². The maximum absolute atomic E-state index is 13.3. The van der Waals surface area contributed by atoms with Crippen molar-refractivity contribution >= 4 is 34.0 Å². The van der Waals surface area contributed by atoms with Crippen molar-refractivity contribution in [1.29, 1.82) is 0 Å². The molecule has 0 saturated carbocycles. The molecule has 2 N–H and O–H groups in total. The van der Waals surface area contributed by atoms with E-state index in [9.17, 15) is 13.2 Å². The van der Waals surface area contributed by atoms with E-state index in [1.54, 1.807) is 18.2 Å². The number of ether oxygens (including phenoxy) is 2. The molecule has 0 bridgehead atoms. The number of rotatable bonds is 11. The molecule has 1 fully saturated rings. The molecule has 1 heterocycles. The van der Waals surface area contributed by atoms with Crippen molar-refractivity contribution in [3.8, 4) is 5.75 Å². The molecule has 186 valence electrons. The summed E-state index contributed by atoms with van der Waals surface area (Å²) in [5.74, 6) is -0.290. The normalized spacial score (nSPS) is 13.8. The Bertz CT molecular complexity index is 1030. The number of hydrogen-bond donors (Lipinski definition) is 2. The number of anilines is 1. The number of benzene rings is 2. The third kappa shape index (κ3) is 7.44. The summed E-state index contributed by atoms with van der Waals surface area (Å²) >= 11 is 0. The molecule has 2 aromatic carbocycles. The zero-order chi connectivity index (χ0) is 23.7. The minimum absolute atomic E-state index is 0. The van der Waals surface area contributed by atoms with Crippen LogP contribution in [0.4, 0.5) is 5.69 Å². The van der Waals surface area contributed by atoms with Crippen LogP contribution >= 0.6 is 12.4 Å². The molecule has 9 nitrogen and oxygen atoms in total. The van der Waals surface area contributed by atoms with E-state index in [4.69, 9.17) is 14.7 Å². The molecule has 0 radical (unpaired) electrons. The van der Waals surface area contributed by atoms with E-state index in [0.717, 1.165) is 23.1 Å². The topological polar surface area (TPSA) is 108 Å². The highest BCUT2D eigenvalue weighted by atomic mass is 35.5. The number of nitrogens with one attached hydrogen (secondary N) is 1. The van der Waals surface area contributed by atoms with Gasteiger partial charge >= 0.3 is 0 Å². The van der Waals surface area contributed by atoms with E-state index in [2.05, 4.69) is 11.5 Å². The Labute approximate surface area is 206 Å². The van der Waals surface area contributed by atoms with E-state index in [1.165, 1.54) is 17.6 Å². The Kier molecular flexibility index (Phi) is 10.8. The lowest BCUT2D eigenvalue weighted by atomic mass is 10.2. The molecular formula is C23H30ClN3O6S. The maximum atomic E-state index is 13.3. The molecule has 0 aromatic heterocycles. The van der Waals surface area contributed by atoms with Gasteiger partial charge in [-0.25, -0.2) is 13.9 Å².